The van der Waals surface area contributed by atoms with E-state index in [1.54, 1.807) is 18.3 Å². The van der Waals surface area contributed by atoms with Gasteiger partial charge >= 0.3 is 0 Å². The molecule has 0 spiro atoms. The maximum absolute atomic E-state index is 13.6. The van der Waals surface area contributed by atoms with E-state index < -0.39 is 0 Å². The Hall–Kier alpha value is -1.42. The molecule has 0 unspecified atom stereocenters. The van der Waals surface area contributed by atoms with Crippen LogP contribution in [0.1, 0.15) is 4.88 Å². The number of hydrogen-bond acceptors (Lipinski definition) is 3. The normalized spacial score (nSPS) is 10.3. The van der Waals surface area contributed by atoms with Crippen molar-refractivity contribution in [2.24, 2.45) is 0 Å². The lowest BCUT2D eigenvalue weighted by Crippen LogP contribution is -1.87. The number of halogens is 1. The molecule has 1 heterocycles. The van der Waals surface area contributed by atoms with Crippen molar-refractivity contribution in [3.8, 4) is 16.3 Å². The van der Waals surface area contributed by atoms with Crippen molar-refractivity contribution in [1.29, 1.82) is 0 Å². The first kappa shape index (κ1) is 10.1. The van der Waals surface area contributed by atoms with Gasteiger partial charge in [-0.25, -0.2) is 9.37 Å². The molecule has 78 valence electrons. The van der Waals surface area contributed by atoms with Gasteiger partial charge in [-0.2, -0.15) is 0 Å². The van der Waals surface area contributed by atoms with Crippen molar-refractivity contribution in [2.75, 3.05) is 7.11 Å². The lowest BCUT2D eigenvalue weighted by molar-refractivity contribution is 0.411. The number of rotatable bonds is 2. The van der Waals surface area contributed by atoms with Gasteiger partial charge in [0.2, 0.25) is 0 Å². The van der Waals surface area contributed by atoms with Crippen LogP contribution in [0.25, 0.3) is 10.6 Å². The summed E-state index contributed by atoms with van der Waals surface area (Å²) in [6, 6.07) is 4.79. The molecule has 4 heteroatoms. The van der Waals surface area contributed by atoms with Gasteiger partial charge in [-0.05, 0) is 19.1 Å². The highest BCUT2D eigenvalue weighted by Crippen LogP contribution is 2.29. The van der Waals surface area contributed by atoms with Crippen LogP contribution in [-0.2, 0) is 0 Å². The molecule has 0 radical (unpaired) electrons. The molecule has 0 fully saturated rings. The Morgan fingerprint density at radius 2 is 2.20 bits per heavy atom. The van der Waals surface area contributed by atoms with Gasteiger partial charge in [-0.1, -0.05) is 0 Å². The summed E-state index contributed by atoms with van der Waals surface area (Å²) in [7, 11) is 1.52. The average molecular weight is 223 g/mol. The molecule has 0 aliphatic heterocycles. The standard InChI is InChI=1S/C11H10FNOS/c1-7-6-13-11(15-7)9-4-3-8(14-2)5-10(9)12/h3-6H,1-2H3. The molecule has 0 atom stereocenters. The van der Waals surface area contributed by atoms with Crippen LogP contribution in [0.15, 0.2) is 24.4 Å². The molecule has 1 aromatic heterocycles. The van der Waals surface area contributed by atoms with E-state index in [9.17, 15) is 4.39 Å². The molecule has 2 nitrogen and oxygen atoms in total. The zero-order valence-electron chi connectivity index (χ0n) is 8.45. The summed E-state index contributed by atoms with van der Waals surface area (Å²) in [6.45, 7) is 1.95. The number of aryl methyl sites for hydroxylation is 1. The molecule has 2 aromatic rings. The van der Waals surface area contributed by atoms with Crippen LogP contribution in [0, 0.1) is 12.7 Å². The highest BCUT2D eigenvalue weighted by atomic mass is 32.1. The maximum atomic E-state index is 13.6. The second-order valence-corrected chi connectivity index (χ2v) is 4.36. The summed E-state index contributed by atoms with van der Waals surface area (Å²) < 4.78 is 18.6. The van der Waals surface area contributed by atoms with E-state index in [2.05, 4.69) is 4.98 Å². The third-order valence-electron chi connectivity index (χ3n) is 2.03. The number of methoxy groups -OCH3 is 1. The molecular weight excluding hydrogens is 213 g/mol. The van der Waals surface area contributed by atoms with Crippen LogP contribution in [0.2, 0.25) is 0 Å². The molecule has 0 saturated heterocycles. The van der Waals surface area contributed by atoms with Crippen molar-refractivity contribution >= 4 is 11.3 Å². The number of ether oxygens (including phenoxy) is 1. The zero-order valence-corrected chi connectivity index (χ0v) is 9.27. The number of benzene rings is 1. The fourth-order valence-corrected chi connectivity index (χ4v) is 2.07. The fourth-order valence-electron chi connectivity index (χ4n) is 1.28. The van der Waals surface area contributed by atoms with Gasteiger partial charge in [-0.3, -0.25) is 0 Å². The first-order chi connectivity index (χ1) is 7.20. The molecule has 2 rings (SSSR count). The van der Waals surface area contributed by atoms with E-state index in [0.29, 0.717) is 16.3 Å². The van der Waals surface area contributed by atoms with E-state index in [1.165, 1.54) is 24.5 Å². The second kappa shape index (κ2) is 3.98. The zero-order chi connectivity index (χ0) is 10.8. The van der Waals surface area contributed by atoms with Crippen molar-refractivity contribution < 1.29 is 9.13 Å². The summed E-state index contributed by atoms with van der Waals surface area (Å²) >= 11 is 1.48. The number of thiazole rings is 1. The maximum Gasteiger partial charge on any atom is 0.137 e. The third kappa shape index (κ3) is 1.99. The summed E-state index contributed by atoms with van der Waals surface area (Å²) in [5.41, 5.74) is 0.522. The van der Waals surface area contributed by atoms with E-state index in [-0.39, 0.29) is 5.82 Å². The third-order valence-corrected chi connectivity index (χ3v) is 2.97. The van der Waals surface area contributed by atoms with Gasteiger partial charge in [0, 0.05) is 22.7 Å². The summed E-state index contributed by atoms with van der Waals surface area (Å²) in [4.78, 5) is 5.21. The predicted molar refractivity (Wildman–Crippen MR) is 58.8 cm³/mol. The van der Waals surface area contributed by atoms with E-state index in [1.807, 2.05) is 6.92 Å². The van der Waals surface area contributed by atoms with Crippen LogP contribution in [0.4, 0.5) is 4.39 Å². The summed E-state index contributed by atoms with van der Waals surface area (Å²) in [5.74, 6) is 0.216. The lowest BCUT2D eigenvalue weighted by Gasteiger charge is -2.02. The van der Waals surface area contributed by atoms with E-state index in [4.69, 9.17) is 4.74 Å². The minimum Gasteiger partial charge on any atom is -0.497 e. The van der Waals surface area contributed by atoms with Gasteiger partial charge in [-0.15, -0.1) is 11.3 Å². The molecule has 0 saturated carbocycles. The first-order valence-electron chi connectivity index (χ1n) is 4.47. The predicted octanol–water partition coefficient (Wildman–Crippen LogP) is 3.27. The quantitative estimate of drug-likeness (QED) is 0.779. The largest absolute Gasteiger partial charge is 0.497 e. The number of nitrogens with zero attached hydrogens (tertiary/aromatic N) is 1. The molecule has 1 aromatic carbocycles. The highest BCUT2D eigenvalue weighted by molar-refractivity contribution is 7.14. The van der Waals surface area contributed by atoms with Crippen LogP contribution in [-0.4, -0.2) is 12.1 Å². The van der Waals surface area contributed by atoms with Gasteiger partial charge < -0.3 is 4.74 Å². The van der Waals surface area contributed by atoms with E-state index >= 15 is 0 Å². The van der Waals surface area contributed by atoms with Crippen LogP contribution in [0.5, 0.6) is 5.75 Å². The lowest BCUT2D eigenvalue weighted by atomic mass is 10.2. The van der Waals surface area contributed by atoms with Crippen molar-refractivity contribution in [1.82, 2.24) is 4.98 Å². The highest BCUT2D eigenvalue weighted by Gasteiger charge is 2.09. The van der Waals surface area contributed by atoms with Crippen LogP contribution >= 0.6 is 11.3 Å². The summed E-state index contributed by atoms with van der Waals surface area (Å²) in [6.07, 6.45) is 1.74. The van der Waals surface area contributed by atoms with Crippen LogP contribution < -0.4 is 4.74 Å². The van der Waals surface area contributed by atoms with Gasteiger partial charge in [0.1, 0.15) is 16.6 Å². The molecule has 0 bridgehead atoms. The van der Waals surface area contributed by atoms with Crippen molar-refractivity contribution in [2.45, 2.75) is 6.92 Å². The van der Waals surface area contributed by atoms with Crippen LogP contribution in [0.3, 0.4) is 0 Å². The molecule has 15 heavy (non-hydrogen) atoms. The Labute approximate surface area is 91.4 Å². The Balaban J connectivity index is 2.45. The monoisotopic (exact) mass is 223 g/mol. The Bertz CT molecular complexity index is 481. The molecule has 0 amide bonds. The van der Waals surface area contributed by atoms with Gasteiger partial charge in [0.25, 0.3) is 0 Å². The summed E-state index contributed by atoms with van der Waals surface area (Å²) in [5, 5.41) is 0.702. The molecule has 0 aliphatic carbocycles. The van der Waals surface area contributed by atoms with E-state index in [0.717, 1.165) is 4.88 Å². The minimum absolute atomic E-state index is 0.302. The molecule has 0 N–H and O–H groups in total. The van der Waals surface area contributed by atoms with Crippen molar-refractivity contribution in [3.63, 3.8) is 0 Å². The molecule has 0 aliphatic rings. The number of hydrogen-bond donors (Lipinski definition) is 0. The SMILES string of the molecule is COc1ccc(-c2ncc(C)s2)c(F)c1. The van der Waals surface area contributed by atoms with Gasteiger partial charge in [0.15, 0.2) is 0 Å². The molecular formula is C11H10FNOS. The van der Waals surface area contributed by atoms with Crippen molar-refractivity contribution in [3.05, 3.63) is 35.1 Å². The Morgan fingerprint density at radius 1 is 1.40 bits per heavy atom. The Morgan fingerprint density at radius 3 is 2.73 bits per heavy atom. The smallest absolute Gasteiger partial charge is 0.137 e. The fraction of sp³-hybridized carbons (Fsp3) is 0.182. The Kier molecular flexibility index (Phi) is 2.68. The second-order valence-electron chi connectivity index (χ2n) is 3.12. The van der Waals surface area contributed by atoms with Gasteiger partial charge in [0.05, 0.1) is 7.11 Å². The average Bonchev–Trinajstić information content (AvgIpc) is 2.64. The number of aromatic nitrogens is 1. The minimum atomic E-state index is -0.302. The first-order valence-corrected chi connectivity index (χ1v) is 5.28. The topological polar surface area (TPSA) is 22.1 Å².